The Morgan fingerprint density at radius 3 is 2.12 bits per heavy atom. The summed E-state index contributed by atoms with van der Waals surface area (Å²) in [4.78, 5) is 0. The molecule has 1 aliphatic carbocycles. The molecule has 0 bridgehead atoms. The fraction of sp³-hybridized carbons (Fsp3) is 0.429. The van der Waals surface area contributed by atoms with Crippen LogP contribution in [0, 0.1) is 0 Å². The van der Waals surface area contributed by atoms with E-state index in [9.17, 15) is 0 Å². The summed E-state index contributed by atoms with van der Waals surface area (Å²) in [6.45, 7) is 4.30. The van der Waals surface area contributed by atoms with Crippen molar-refractivity contribution in [2.24, 2.45) is 0 Å². The summed E-state index contributed by atoms with van der Waals surface area (Å²) >= 11 is 0. The van der Waals surface area contributed by atoms with Crippen LogP contribution in [0.3, 0.4) is 0 Å². The van der Waals surface area contributed by atoms with Crippen LogP contribution in [0.15, 0.2) is 23.3 Å². The quantitative estimate of drug-likeness (QED) is 0.368. The molecule has 1 aliphatic rings. The van der Waals surface area contributed by atoms with E-state index in [4.69, 9.17) is 0 Å². The van der Waals surface area contributed by atoms with Crippen LogP contribution >= 0.6 is 0 Å². The van der Waals surface area contributed by atoms with Gasteiger partial charge in [0.25, 0.3) is 0 Å². The Kier molecular flexibility index (Phi) is 3.70. The summed E-state index contributed by atoms with van der Waals surface area (Å²) in [5.41, 5.74) is 2.90. The molecule has 1 heteroatoms. The zero-order valence-electron chi connectivity index (χ0n) is 5.86. The van der Waals surface area contributed by atoms with Crippen LogP contribution in [0.1, 0.15) is 20.3 Å². The molecule has 1 rings (SSSR count). The third kappa shape index (κ3) is 2.17. The van der Waals surface area contributed by atoms with Crippen molar-refractivity contribution in [3.8, 4) is 0 Å². The Balaban J connectivity index is 0.000000490. The number of hydrogen-bond donors (Lipinski definition) is 0. The molecule has 0 aromatic heterocycles. The third-order valence-electron chi connectivity index (χ3n) is 1.22. The van der Waals surface area contributed by atoms with Crippen LogP contribution in [-0.2, 0) is 0 Å². The normalized spacial score (nSPS) is 16.8. The molecule has 8 heavy (non-hydrogen) atoms. The van der Waals surface area contributed by atoms with Crippen LogP contribution in [0.4, 0.5) is 0 Å². The molecule has 0 aliphatic heterocycles. The second kappa shape index (κ2) is 3.49. The third-order valence-corrected chi connectivity index (χ3v) is 1.22. The molecule has 0 spiro atoms. The van der Waals surface area contributed by atoms with Crippen molar-refractivity contribution >= 4 is 0 Å². The molecule has 0 radical (unpaired) electrons. The van der Waals surface area contributed by atoms with E-state index in [1.54, 1.807) is 0 Å². The van der Waals surface area contributed by atoms with Crippen LogP contribution < -0.4 is 29.6 Å². The molecule has 0 unspecified atom stereocenters. The van der Waals surface area contributed by atoms with Crippen LogP contribution in [0.25, 0.3) is 0 Å². The average molecular weight is 117 g/mol. The molecule has 0 fully saturated rings. The van der Waals surface area contributed by atoms with Gasteiger partial charge in [-0.3, -0.25) is 0 Å². The van der Waals surface area contributed by atoms with E-state index in [1.807, 2.05) is 0 Å². The van der Waals surface area contributed by atoms with E-state index in [1.165, 1.54) is 17.6 Å². The first-order valence-electron chi connectivity index (χ1n) is 2.63. The van der Waals surface area contributed by atoms with E-state index in [-0.39, 0.29) is 29.6 Å². The Labute approximate surface area is 73.0 Å². The van der Waals surface area contributed by atoms with Gasteiger partial charge in [-0.2, -0.15) is 0 Å². The molecule has 0 nitrogen and oxygen atoms in total. The maximum Gasteiger partial charge on any atom is 1.00 e. The largest absolute Gasteiger partial charge is 1.00 e. The van der Waals surface area contributed by atoms with Crippen LogP contribution in [0.5, 0.6) is 0 Å². The summed E-state index contributed by atoms with van der Waals surface area (Å²) in [6.07, 6.45) is 5.64. The smallest absolute Gasteiger partial charge is 0.0775 e. The first-order chi connectivity index (χ1) is 3.29. The Morgan fingerprint density at radius 1 is 1.38 bits per heavy atom. The Bertz CT molecular complexity index is 131. The predicted molar refractivity (Wildman–Crippen MR) is 32.1 cm³/mol. The standard InChI is InChI=1S/C7H10.Na/c1-6-3-4-7(2)5-6;/h3,5H,4H2,1-2H3;/q;+1. The number of rotatable bonds is 0. The van der Waals surface area contributed by atoms with E-state index >= 15 is 0 Å². The van der Waals surface area contributed by atoms with Gasteiger partial charge in [-0.05, 0) is 20.3 Å². The SMILES string of the molecule is CC1=CCC(C)=C1.[Na+]. The second-order valence-corrected chi connectivity index (χ2v) is 2.14. The molecule has 0 saturated carbocycles. The molecular weight excluding hydrogens is 107 g/mol. The summed E-state index contributed by atoms with van der Waals surface area (Å²) in [6, 6.07) is 0. The molecule has 38 valence electrons. The van der Waals surface area contributed by atoms with Crippen molar-refractivity contribution in [1.29, 1.82) is 0 Å². The number of allylic oxidation sites excluding steroid dienone is 4. The van der Waals surface area contributed by atoms with Gasteiger partial charge in [0, 0.05) is 0 Å². The van der Waals surface area contributed by atoms with Gasteiger partial charge in [-0.15, -0.1) is 0 Å². The van der Waals surface area contributed by atoms with Crippen molar-refractivity contribution in [3.05, 3.63) is 23.3 Å². The maximum atomic E-state index is 2.25. The zero-order chi connectivity index (χ0) is 5.28. The summed E-state index contributed by atoms with van der Waals surface area (Å²) in [7, 11) is 0. The van der Waals surface area contributed by atoms with Gasteiger partial charge in [0.1, 0.15) is 0 Å². The summed E-state index contributed by atoms with van der Waals surface area (Å²) in [5, 5.41) is 0. The monoisotopic (exact) mass is 117 g/mol. The Hall–Kier alpha value is 0.480. The molecule has 0 atom stereocenters. The molecule has 0 saturated heterocycles. The van der Waals surface area contributed by atoms with Gasteiger partial charge in [-0.25, -0.2) is 0 Å². The van der Waals surface area contributed by atoms with Gasteiger partial charge in [0.05, 0.1) is 0 Å². The minimum Gasteiger partial charge on any atom is -0.0775 e. The second-order valence-electron chi connectivity index (χ2n) is 2.14. The van der Waals surface area contributed by atoms with Crippen molar-refractivity contribution in [2.75, 3.05) is 0 Å². The minimum absolute atomic E-state index is 0. The summed E-state index contributed by atoms with van der Waals surface area (Å²) < 4.78 is 0. The number of hydrogen-bond acceptors (Lipinski definition) is 0. The Morgan fingerprint density at radius 2 is 2.00 bits per heavy atom. The van der Waals surface area contributed by atoms with Gasteiger partial charge in [0.15, 0.2) is 0 Å². The van der Waals surface area contributed by atoms with E-state index in [2.05, 4.69) is 26.0 Å². The van der Waals surface area contributed by atoms with Gasteiger partial charge in [-0.1, -0.05) is 23.3 Å². The van der Waals surface area contributed by atoms with Crippen molar-refractivity contribution < 1.29 is 29.6 Å². The fourth-order valence-corrected chi connectivity index (χ4v) is 0.828. The first kappa shape index (κ1) is 8.48. The van der Waals surface area contributed by atoms with Gasteiger partial charge < -0.3 is 0 Å². The maximum absolute atomic E-state index is 2.25. The van der Waals surface area contributed by atoms with Gasteiger partial charge >= 0.3 is 29.6 Å². The molecular formula is C7H10Na+. The zero-order valence-corrected chi connectivity index (χ0v) is 7.86. The predicted octanol–water partition coefficient (Wildman–Crippen LogP) is -0.713. The van der Waals surface area contributed by atoms with E-state index in [0.717, 1.165) is 0 Å². The fourth-order valence-electron chi connectivity index (χ4n) is 0.828. The van der Waals surface area contributed by atoms with Crippen LogP contribution in [-0.4, -0.2) is 0 Å². The van der Waals surface area contributed by atoms with Crippen molar-refractivity contribution in [1.82, 2.24) is 0 Å². The topological polar surface area (TPSA) is 0 Å². The molecule has 0 amide bonds. The van der Waals surface area contributed by atoms with Crippen LogP contribution in [0.2, 0.25) is 0 Å². The molecule has 0 aromatic carbocycles. The molecule has 0 heterocycles. The van der Waals surface area contributed by atoms with E-state index in [0.29, 0.717) is 0 Å². The van der Waals surface area contributed by atoms with E-state index < -0.39 is 0 Å². The molecule has 0 aromatic rings. The average Bonchev–Trinajstić information content (AvgIpc) is 1.87. The van der Waals surface area contributed by atoms with Gasteiger partial charge in [0.2, 0.25) is 0 Å². The van der Waals surface area contributed by atoms with Crippen molar-refractivity contribution in [3.63, 3.8) is 0 Å². The molecule has 0 N–H and O–H groups in total. The summed E-state index contributed by atoms with van der Waals surface area (Å²) in [5.74, 6) is 0. The minimum atomic E-state index is 0. The van der Waals surface area contributed by atoms with Crippen molar-refractivity contribution in [2.45, 2.75) is 20.3 Å². The first-order valence-corrected chi connectivity index (χ1v) is 2.63.